The van der Waals surface area contributed by atoms with Crippen LogP contribution in [0.3, 0.4) is 0 Å². The molecule has 0 saturated carbocycles. The van der Waals surface area contributed by atoms with Crippen molar-refractivity contribution in [3.8, 4) is 0 Å². The first-order valence-electron chi connectivity index (χ1n) is 6.06. The van der Waals surface area contributed by atoms with Crippen molar-refractivity contribution in [3.63, 3.8) is 0 Å². The first-order valence-corrected chi connectivity index (χ1v) is 6.06. The SMILES string of the molecule is Cc1cc2c(CCCN)cn(C)c2cc1C(=O)O. The number of carboxylic acids is 1. The molecular formula is C14H18N2O2. The summed E-state index contributed by atoms with van der Waals surface area (Å²) in [6.07, 6.45) is 3.93. The molecule has 4 heteroatoms. The Labute approximate surface area is 106 Å². The van der Waals surface area contributed by atoms with Crippen molar-refractivity contribution in [2.75, 3.05) is 6.54 Å². The van der Waals surface area contributed by atoms with E-state index in [4.69, 9.17) is 10.8 Å². The van der Waals surface area contributed by atoms with Crippen LogP contribution in [0.4, 0.5) is 0 Å². The van der Waals surface area contributed by atoms with E-state index in [1.54, 1.807) is 6.07 Å². The van der Waals surface area contributed by atoms with E-state index in [1.165, 1.54) is 5.56 Å². The summed E-state index contributed by atoms with van der Waals surface area (Å²) in [6, 6.07) is 3.71. The Balaban J connectivity index is 2.59. The van der Waals surface area contributed by atoms with Gasteiger partial charge in [0.15, 0.2) is 0 Å². The summed E-state index contributed by atoms with van der Waals surface area (Å²) in [7, 11) is 1.94. The molecule has 3 N–H and O–H groups in total. The van der Waals surface area contributed by atoms with Gasteiger partial charge >= 0.3 is 5.97 Å². The zero-order chi connectivity index (χ0) is 13.3. The molecule has 0 aliphatic carbocycles. The number of aryl methyl sites for hydroxylation is 3. The first kappa shape index (κ1) is 12.6. The van der Waals surface area contributed by atoms with Gasteiger partial charge in [-0.3, -0.25) is 0 Å². The van der Waals surface area contributed by atoms with Crippen LogP contribution in [0.1, 0.15) is 27.9 Å². The van der Waals surface area contributed by atoms with E-state index in [0.29, 0.717) is 12.1 Å². The van der Waals surface area contributed by atoms with Gasteiger partial charge < -0.3 is 15.4 Å². The van der Waals surface area contributed by atoms with Crippen molar-refractivity contribution in [2.45, 2.75) is 19.8 Å². The molecule has 4 nitrogen and oxygen atoms in total. The van der Waals surface area contributed by atoms with Crippen LogP contribution in [0.5, 0.6) is 0 Å². The fraction of sp³-hybridized carbons (Fsp3) is 0.357. The van der Waals surface area contributed by atoms with Gasteiger partial charge in [-0.25, -0.2) is 4.79 Å². The van der Waals surface area contributed by atoms with E-state index in [9.17, 15) is 4.79 Å². The third kappa shape index (κ3) is 2.11. The standard InChI is InChI=1S/C14H18N2O2/c1-9-6-12-10(4-3-5-15)8-16(2)13(12)7-11(9)14(17)18/h6-8H,3-5,15H2,1-2H3,(H,17,18). The van der Waals surface area contributed by atoms with E-state index in [2.05, 4.69) is 6.20 Å². The summed E-state index contributed by atoms with van der Waals surface area (Å²) in [5.41, 5.74) is 8.90. The highest BCUT2D eigenvalue weighted by atomic mass is 16.4. The molecule has 1 heterocycles. The zero-order valence-corrected chi connectivity index (χ0v) is 10.7. The van der Waals surface area contributed by atoms with Crippen molar-refractivity contribution in [3.05, 3.63) is 35.0 Å². The average Bonchev–Trinajstić information content (AvgIpc) is 2.62. The smallest absolute Gasteiger partial charge is 0.336 e. The lowest BCUT2D eigenvalue weighted by Crippen LogP contribution is -2.01. The molecule has 2 rings (SSSR count). The lowest BCUT2D eigenvalue weighted by Gasteiger charge is -2.04. The second-order valence-corrected chi connectivity index (χ2v) is 4.65. The van der Waals surface area contributed by atoms with Gasteiger partial charge in [-0.15, -0.1) is 0 Å². The summed E-state index contributed by atoms with van der Waals surface area (Å²) < 4.78 is 1.98. The maximum atomic E-state index is 11.1. The molecule has 0 saturated heterocycles. The minimum Gasteiger partial charge on any atom is -0.478 e. The van der Waals surface area contributed by atoms with E-state index >= 15 is 0 Å². The van der Waals surface area contributed by atoms with Crippen LogP contribution < -0.4 is 5.73 Å². The minimum atomic E-state index is -0.876. The second-order valence-electron chi connectivity index (χ2n) is 4.65. The van der Waals surface area contributed by atoms with Crippen LogP contribution in [0.2, 0.25) is 0 Å². The molecule has 1 aromatic carbocycles. The highest BCUT2D eigenvalue weighted by Crippen LogP contribution is 2.25. The van der Waals surface area contributed by atoms with Gasteiger partial charge in [0.2, 0.25) is 0 Å². The summed E-state index contributed by atoms with van der Waals surface area (Å²) in [6.45, 7) is 2.51. The fourth-order valence-electron chi connectivity index (χ4n) is 2.34. The van der Waals surface area contributed by atoms with Crippen molar-refractivity contribution >= 4 is 16.9 Å². The summed E-state index contributed by atoms with van der Waals surface area (Å²) in [4.78, 5) is 11.1. The Morgan fingerprint density at radius 3 is 2.78 bits per heavy atom. The zero-order valence-electron chi connectivity index (χ0n) is 10.7. The van der Waals surface area contributed by atoms with E-state index in [1.807, 2.05) is 24.6 Å². The van der Waals surface area contributed by atoms with Crippen LogP contribution in [0, 0.1) is 6.92 Å². The highest BCUT2D eigenvalue weighted by molar-refractivity contribution is 5.96. The maximum Gasteiger partial charge on any atom is 0.336 e. The molecule has 0 unspecified atom stereocenters. The van der Waals surface area contributed by atoms with Gasteiger partial charge in [0.05, 0.1) is 5.56 Å². The highest BCUT2D eigenvalue weighted by Gasteiger charge is 2.13. The third-order valence-corrected chi connectivity index (χ3v) is 3.30. The molecule has 0 bridgehead atoms. The number of rotatable bonds is 4. The van der Waals surface area contributed by atoms with Crippen LogP contribution in [0.25, 0.3) is 10.9 Å². The van der Waals surface area contributed by atoms with Crippen LogP contribution in [-0.2, 0) is 13.5 Å². The number of nitrogens with two attached hydrogens (primary N) is 1. The van der Waals surface area contributed by atoms with Crippen molar-refractivity contribution in [2.24, 2.45) is 12.8 Å². The van der Waals surface area contributed by atoms with Crippen molar-refractivity contribution in [1.82, 2.24) is 4.57 Å². The number of aromatic carboxylic acids is 1. The molecule has 0 aliphatic heterocycles. The molecule has 96 valence electrons. The van der Waals surface area contributed by atoms with Gasteiger partial charge in [-0.1, -0.05) is 0 Å². The number of carbonyl (C=O) groups is 1. The van der Waals surface area contributed by atoms with Crippen LogP contribution in [0.15, 0.2) is 18.3 Å². The number of fused-ring (bicyclic) bond motifs is 1. The van der Waals surface area contributed by atoms with Gasteiger partial charge in [0, 0.05) is 24.1 Å². The fourth-order valence-corrected chi connectivity index (χ4v) is 2.34. The predicted molar refractivity (Wildman–Crippen MR) is 72.0 cm³/mol. The van der Waals surface area contributed by atoms with Crippen molar-refractivity contribution < 1.29 is 9.90 Å². The molecule has 0 amide bonds. The summed E-state index contributed by atoms with van der Waals surface area (Å²) in [5, 5.41) is 10.3. The van der Waals surface area contributed by atoms with Gasteiger partial charge in [-0.05, 0) is 49.6 Å². The molecule has 1 aromatic heterocycles. The lowest BCUT2D eigenvalue weighted by molar-refractivity contribution is 0.0696. The Kier molecular flexibility index (Phi) is 3.39. The van der Waals surface area contributed by atoms with Crippen molar-refractivity contribution in [1.29, 1.82) is 0 Å². The van der Waals surface area contributed by atoms with E-state index in [-0.39, 0.29) is 0 Å². The number of benzene rings is 1. The molecule has 2 aromatic rings. The Bertz CT molecular complexity index is 599. The lowest BCUT2D eigenvalue weighted by atomic mass is 10.0. The molecule has 0 fully saturated rings. The van der Waals surface area contributed by atoms with Gasteiger partial charge in [0.1, 0.15) is 0 Å². The topological polar surface area (TPSA) is 68.2 Å². The molecule has 0 aliphatic rings. The Morgan fingerprint density at radius 1 is 1.44 bits per heavy atom. The normalized spacial score (nSPS) is 11.1. The summed E-state index contributed by atoms with van der Waals surface area (Å²) >= 11 is 0. The quantitative estimate of drug-likeness (QED) is 0.867. The van der Waals surface area contributed by atoms with E-state index < -0.39 is 5.97 Å². The molecule has 0 radical (unpaired) electrons. The number of carboxylic acid groups (broad SMARTS) is 1. The number of hydrogen-bond acceptors (Lipinski definition) is 2. The molecule has 18 heavy (non-hydrogen) atoms. The molecule has 0 atom stereocenters. The van der Waals surface area contributed by atoms with Crippen LogP contribution >= 0.6 is 0 Å². The largest absolute Gasteiger partial charge is 0.478 e. The minimum absolute atomic E-state index is 0.370. The maximum absolute atomic E-state index is 11.1. The third-order valence-electron chi connectivity index (χ3n) is 3.30. The Hall–Kier alpha value is -1.81. The number of nitrogens with zero attached hydrogens (tertiary/aromatic N) is 1. The molecular weight excluding hydrogens is 228 g/mol. The number of hydrogen-bond donors (Lipinski definition) is 2. The Morgan fingerprint density at radius 2 is 2.17 bits per heavy atom. The van der Waals surface area contributed by atoms with Gasteiger partial charge in [-0.2, -0.15) is 0 Å². The van der Waals surface area contributed by atoms with Crippen LogP contribution in [-0.4, -0.2) is 22.2 Å². The molecule has 0 spiro atoms. The number of aromatic nitrogens is 1. The average molecular weight is 246 g/mol. The monoisotopic (exact) mass is 246 g/mol. The first-order chi connectivity index (χ1) is 8.54. The second kappa shape index (κ2) is 4.82. The van der Waals surface area contributed by atoms with E-state index in [0.717, 1.165) is 29.3 Å². The predicted octanol–water partition coefficient (Wildman–Crippen LogP) is 2.08. The summed E-state index contributed by atoms with van der Waals surface area (Å²) in [5.74, 6) is -0.876. The van der Waals surface area contributed by atoms with Gasteiger partial charge in [0.25, 0.3) is 0 Å².